The second-order valence-electron chi connectivity index (χ2n) is 5.80. The first kappa shape index (κ1) is 18.3. The number of methoxy groups -OCH3 is 3. The number of ether oxygens (including phenoxy) is 3. The highest BCUT2D eigenvalue weighted by molar-refractivity contribution is 6.04. The first-order valence-electron chi connectivity index (χ1n) is 8.30. The van der Waals surface area contributed by atoms with Crippen LogP contribution in [0.25, 0.3) is 5.69 Å². The first-order chi connectivity index (χ1) is 13.0. The molecule has 1 amide bonds. The van der Waals surface area contributed by atoms with Gasteiger partial charge in [0.1, 0.15) is 17.2 Å². The summed E-state index contributed by atoms with van der Waals surface area (Å²) < 4.78 is 17.4. The fourth-order valence-electron chi connectivity index (χ4n) is 2.69. The summed E-state index contributed by atoms with van der Waals surface area (Å²) in [5, 5.41) is 7.25. The molecule has 3 aromatic rings. The summed E-state index contributed by atoms with van der Waals surface area (Å²) in [6.07, 6.45) is 0. The zero-order valence-electron chi connectivity index (χ0n) is 15.6. The van der Waals surface area contributed by atoms with Gasteiger partial charge in [-0.1, -0.05) is 6.07 Å². The van der Waals surface area contributed by atoms with Gasteiger partial charge < -0.3 is 19.5 Å². The Morgan fingerprint density at radius 2 is 1.70 bits per heavy atom. The van der Waals surface area contributed by atoms with Gasteiger partial charge in [-0.3, -0.25) is 4.79 Å². The first-order valence-corrected chi connectivity index (χ1v) is 8.30. The predicted octanol–water partition coefficient (Wildman–Crippen LogP) is 3.46. The van der Waals surface area contributed by atoms with E-state index in [4.69, 9.17) is 14.2 Å². The fourth-order valence-corrected chi connectivity index (χ4v) is 2.69. The number of nitrogens with one attached hydrogen (secondary N) is 1. The fraction of sp³-hybridized carbons (Fsp3) is 0.200. The minimum atomic E-state index is -0.341. The van der Waals surface area contributed by atoms with Gasteiger partial charge in [-0.15, -0.1) is 0 Å². The number of nitrogens with zero attached hydrogens (tertiary/aromatic N) is 2. The lowest BCUT2D eigenvalue weighted by Gasteiger charge is -2.11. The van der Waals surface area contributed by atoms with E-state index in [1.54, 1.807) is 50.3 Å². The number of hydrogen-bond donors (Lipinski definition) is 1. The molecule has 7 heteroatoms. The van der Waals surface area contributed by atoms with Crippen LogP contribution in [0, 0.1) is 6.92 Å². The van der Waals surface area contributed by atoms with Gasteiger partial charge in [0.25, 0.3) is 5.91 Å². The largest absolute Gasteiger partial charge is 0.497 e. The highest BCUT2D eigenvalue weighted by Crippen LogP contribution is 2.29. The summed E-state index contributed by atoms with van der Waals surface area (Å²) in [5.74, 6) is 1.53. The molecule has 0 fully saturated rings. The van der Waals surface area contributed by atoms with Crippen LogP contribution in [0.3, 0.4) is 0 Å². The van der Waals surface area contributed by atoms with Crippen molar-refractivity contribution in [2.75, 3.05) is 26.6 Å². The number of hydrogen-bond acceptors (Lipinski definition) is 5. The van der Waals surface area contributed by atoms with Crippen LogP contribution in [0.4, 0.5) is 5.69 Å². The van der Waals surface area contributed by atoms with Crippen LogP contribution < -0.4 is 19.5 Å². The van der Waals surface area contributed by atoms with Crippen molar-refractivity contribution < 1.29 is 19.0 Å². The molecule has 0 aliphatic rings. The smallest absolute Gasteiger partial charge is 0.276 e. The zero-order valence-corrected chi connectivity index (χ0v) is 15.6. The third kappa shape index (κ3) is 3.87. The van der Waals surface area contributed by atoms with Crippen LogP contribution in [0.2, 0.25) is 0 Å². The van der Waals surface area contributed by atoms with E-state index in [0.717, 1.165) is 17.1 Å². The minimum absolute atomic E-state index is 0.292. The molecule has 3 rings (SSSR count). The Bertz CT molecular complexity index is 966. The van der Waals surface area contributed by atoms with E-state index in [1.807, 2.05) is 31.2 Å². The van der Waals surface area contributed by atoms with E-state index in [2.05, 4.69) is 10.4 Å². The lowest BCUT2D eigenvalue weighted by Crippen LogP contribution is -2.14. The molecule has 0 saturated heterocycles. The van der Waals surface area contributed by atoms with Crippen molar-refractivity contribution in [1.29, 1.82) is 0 Å². The molecule has 0 spiro atoms. The van der Waals surface area contributed by atoms with Crippen molar-refractivity contribution in [2.24, 2.45) is 0 Å². The third-order valence-corrected chi connectivity index (χ3v) is 4.07. The van der Waals surface area contributed by atoms with E-state index in [-0.39, 0.29) is 5.91 Å². The molecule has 0 atom stereocenters. The number of carbonyl (C=O) groups excluding carboxylic acids is 1. The van der Waals surface area contributed by atoms with Gasteiger partial charge in [0.15, 0.2) is 5.69 Å². The van der Waals surface area contributed by atoms with Crippen LogP contribution in [0.1, 0.15) is 16.2 Å². The Hall–Kier alpha value is -3.48. The van der Waals surface area contributed by atoms with Gasteiger partial charge in [0, 0.05) is 17.8 Å². The molecule has 27 heavy (non-hydrogen) atoms. The summed E-state index contributed by atoms with van der Waals surface area (Å²) in [4.78, 5) is 12.7. The molecule has 2 aromatic carbocycles. The number of amides is 1. The standard InChI is InChI=1S/C20H21N3O4/c1-13-10-18(22-23(13)14-6-5-7-15(11-14)25-2)20(24)21-17-12-16(26-3)8-9-19(17)27-4/h5-12H,1-4H3,(H,21,24). The van der Waals surface area contributed by atoms with E-state index in [1.165, 1.54) is 0 Å². The van der Waals surface area contributed by atoms with E-state index < -0.39 is 0 Å². The SMILES string of the molecule is COc1cccc(-n2nc(C(=O)Nc3cc(OC)ccc3OC)cc2C)c1. The van der Waals surface area contributed by atoms with Gasteiger partial charge >= 0.3 is 0 Å². The average molecular weight is 367 g/mol. The number of anilines is 1. The summed E-state index contributed by atoms with van der Waals surface area (Å²) in [7, 11) is 4.71. The minimum Gasteiger partial charge on any atom is -0.497 e. The molecule has 1 N–H and O–H groups in total. The number of aromatic nitrogens is 2. The van der Waals surface area contributed by atoms with Crippen LogP contribution >= 0.6 is 0 Å². The van der Waals surface area contributed by atoms with E-state index in [9.17, 15) is 4.79 Å². The second kappa shape index (κ2) is 7.82. The molecule has 1 heterocycles. The molecular formula is C20H21N3O4. The zero-order chi connectivity index (χ0) is 19.4. The monoisotopic (exact) mass is 367 g/mol. The van der Waals surface area contributed by atoms with Gasteiger partial charge in [0.05, 0.1) is 32.7 Å². The maximum absolute atomic E-state index is 12.7. The van der Waals surface area contributed by atoms with Gasteiger partial charge in [0.2, 0.25) is 0 Å². The molecule has 140 valence electrons. The Balaban J connectivity index is 1.88. The van der Waals surface area contributed by atoms with E-state index in [0.29, 0.717) is 22.9 Å². The van der Waals surface area contributed by atoms with Crippen molar-refractivity contribution in [3.05, 3.63) is 59.9 Å². The molecule has 0 unspecified atom stereocenters. The van der Waals surface area contributed by atoms with Crippen molar-refractivity contribution in [2.45, 2.75) is 6.92 Å². The highest BCUT2D eigenvalue weighted by Gasteiger charge is 2.16. The van der Waals surface area contributed by atoms with Crippen LogP contribution in [-0.4, -0.2) is 37.0 Å². The highest BCUT2D eigenvalue weighted by atomic mass is 16.5. The molecule has 0 bridgehead atoms. The third-order valence-electron chi connectivity index (χ3n) is 4.07. The molecular weight excluding hydrogens is 346 g/mol. The molecule has 1 aromatic heterocycles. The van der Waals surface area contributed by atoms with Crippen LogP contribution in [-0.2, 0) is 0 Å². The maximum atomic E-state index is 12.7. The van der Waals surface area contributed by atoms with Crippen molar-refractivity contribution in [3.8, 4) is 22.9 Å². The van der Waals surface area contributed by atoms with Crippen molar-refractivity contribution >= 4 is 11.6 Å². The van der Waals surface area contributed by atoms with Crippen LogP contribution in [0.5, 0.6) is 17.2 Å². The Morgan fingerprint density at radius 1 is 0.963 bits per heavy atom. The topological polar surface area (TPSA) is 74.6 Å². The number of rotatable bonds is 6. The predicted molar refractivity (Wildman–Crippen MR) is 102 cm³/mol. The summed E-state index contributed by atoms with van der Waals surface area (Å²) in [6, 6.07) is 14.4. The lowest BCUT2D eigenvalue weighted by atomic mass is 10.2. The Morgan fingerprint density at radius 3 is 2.41 bits per heavy atom. The van der Waals surface area contributed by atoms with Gasteiger partial charge in [-0.25, -0.2) is 4.68 Å². The second-order valence-corrected chi connectivity index (χ2v) is 5.80. The number of carbonyl (C=O) groups is 1. The summed E-state index contributed by atoms with van der Waals surface area (Å²) in [5.41, 5.74) is 2.44. The van der Waals surface area contributed by atoms with Gasteiger partial charge in [-0.2, -0.15) is 5.10 Å². The summed E-state index contributed by atoms with van der Waals surface area (Å²) in [6.45, 7) is 1.88. The summed E-state index contributed by atoms with van der Waals surface area (Å²) >= 11 is 0. The maximum Gasteiger partial charge on any atom is 0.276 e. The molecule has 0 aliphatic heterocycles. The Kier molecular flexibility index (Phi) is 5.30. The molecule has 0 saturated carbocycles. The van der Waals surface area contributed by atoms with Crippen molar-refractivity contribution in [3.63, 3.8) is 0 Å². The van der Waals surface area contributed by atoms with Crippen molar-refractivity contribution in [1.82, 2.24) is 9.78 Å². The Labute approximate surface area is 157 Å². The average Bonchev–Trinajstić information content (AvgIpc) is 3.09. The molecule has 0 aliphatic carbocycles. The van der Waals surface area contributed by atoms with Gasteiger partial charge in [-0.05, 0) is 37.3 Å². The quantitative estimate of drug-likeness (QED) is 0.722. The number of aryl methyl sites for hydroxylation is 1. The normalized spacial score (nSPS) is 10.4. The van der Waals surface area contributed by atoms with E-state index >= 15 is 0 Å². The van der Waals surface area contributed by atoms with Crippen LogP contribution in [0.15, 0.2) is 48.5 Å². The lowest BCUT2D eigenvalue weighted by molar-refractivity contribution is 0.102. The molecule has 7 nitrogen and oxygen atoms in total. The molecule has 0 radical (unpaired) electrons. The number of benzene rings is 2.